The number of H-pyrrole nitrogens is 1. The van der Waals surface area contributed by atoms with Crippen molar-refractivity contribution in [1.29, 1.82) is 0 Å². The molecule has 0 amide bonds. The van der Waals surface area contributed by atoms with Crippen molar-refractivity contribution in [2.75, 3.05) is 0 Å². The number of benzene rings is 1. The highest BCUT2D eigenvalue weighted by molar-refractivity contribution is 5.84. The Labute approximate surface area is 184 Å². The molecule has 4 rings (SSSR count). The molecule has 2 aromatic heterocycles. The summed E-state index contributed by atoms with van der Waals surface area (Å²) in [4.78, 5) is 44.8. The first-order valence-electron chi connectivity index (χ1n) is 11.1. The number of fused-ring (bicyclic) bond motifs is 1. The molecule has 0 aliphatic heterocycles. The minimum absolute atomic E-state index is 0.119. The normalized spacial score (nSPS) is 15.0. The number of esters is 1. The predicted molar refractivity (Wildman–Crippen MR) is 117 cm³/mol. The number of unbranched alkanes of at least 4 members (excludes halogenated alkanes) is 1. The smallest absolute Gasteiger partial charge is 0.330 e. The molecule has 170 valence electrons. The summed E-state index contributed by atoms with van der Waals surface area (Å²) in [6, 6.07) is 5.95. The van der Waals surface area contributed by atoms with E-state index in [0.29, 0.717) is 42.9 Å². The summed E-state index contributed by atoms with van der Waals surface area (Å²) in [7, 11) is 0. The Balaban J connectivity index is 1.65. The highest BCUT2D eigenvalue weighted by Gasteiger charge is 2.47. The van der Waals surface area contributed by atoms with Crippen molar-refractivity contribution < 1.29 is 13.9 Å². The molecule has 32 heavy (non-hydrogen) atoms. The van der Waals surface area contributed by atoms with Crippen LogP contribution in [0.5, 0.6) is 0 Å². The monoisotopic (exact) mass is 442 g/mol. The van der Waals surface area contributed by atoms with Crippen molar-refractivity contribution in [2.45, 2.75) is 71.1 Å². The summed E-state index contributed by atoms with van der Waals surface area (Å²) in [6.45, 7) is 4.63. The van der Waals surface area contributed by atoms with Crippen molar-refractivity contribution in [1.82, 2.24) is 19.1 Å². The molecular weight excluding hydrogens is 415 g/mol. The van der Waals surface area contributed by atoms with Crippen molar-refractivity contribution in [3.8, 4) is 0 Å². The van der Waals surface area contributed by atoms with Crippen LogP contribution in [-0.2, 0) is 34.6 Å². The van der Waals surface area contributed by atoms with E-state index in [2.05, 4.69) is 9.97 Å². The highest BCUT2D eigenvalue weighted by Crippen LogP contribution is 2.45. The summed E-state index contributed by atoms with van der Waals surface area (Å²) in [5.74, 6) is -0.333. The number of imidazole rings is 1. The number of ether oxygens (including phenoxy) is 1. The zero-order chi connectivity index (χ0) is 22.9. The third-order valence-electron chi connectivity index (χ3n) is 6.34. The van der Waals surface area contributed by atoms with Crippen LogP contribution in [0.15, 0.2) is 33.9 Å². The Morgan fingerprint density at radius 1 is 1.19 bits per heavy atom. The Bertz CT molecular complexity index is 1250. The Hall–Kier alpha value is -3.23. The van der Waals surface area contributed by atoms with E-state index >= 15 is 0 Å². The largest absolute Gasteiger partial charge is 0.457 e. The van der Waals surface area contributed by atoms with Crippen molar-refractivity contribution in [3.05, 3.63) is 62.3 Å². The molecule has 1 aliphatic rings. The first kappa shape index (κ1) is 22.0. The van der Waals surface area contributed by atoms with E-state index in [1.54, 1.807) is 16.7 Å². The molecule has 1 aromatic carbocycles. The van der Waals surface area contributed by atoms with Crippen LogP contribution in [0.1, 0.15) is 57.3 Å². The number of nitrogens with one attached hydrogen (secondary N) is 1. The maximum absolute atomic E-state index is 13.3. The predicted octanol–water partition coefficient (Wildman–Crippen LogP) is 3.01. The Morgan fingerprint density at radius 2 is 1.91 bits per heavy atom. The zero-order valence-corrected chi connectivity index (χ0v) is 18.3. The molecular formula is C23H27FN4O4. The van der Waals surface area contributed by atoms with Crippen LogP contribution in [0.2, 0.25) is 0 Å². The van der Waals surface area contributed by atoms with Gasteiger partial charge in [-0.3, -0.25) is 19.1 Å². The quantitative estimate of drug-likeness (QED) is 0.541. The number of halogens is 1. The molecule has 0 atom stereocenters. The standard InChI is InChI=1S/C23H27FN4O4/c1-3-5-13-28-19-18(20(29)26-22(28)31)27(4-2)17(25-19)14-32-21(30)23(11-6-12-23)15-7-9-16(24)10-8-15/h7-10H,3-6,11-14H2,1-2H3,(H,26,29,31). The van der Waals surface area contributed by atoms with E-state index in [9.17, 15) is 18.8 Å². The van der Waals surface area contributed by atoms with Gasteiger partial charge in [0.15, 0.2) is 11.2 Å². The minimum atomic E-state index is -0.780. The van der Waals surface area contributed by atoms with Crippen molar-refractivity contribution in [3.63, 3.8) is 0 Å². The fraction of sp³-hybridized carbons (Fsp3) is 0.478. The van der Waals surface area contributed by atoms with Crippen LogP contribution < -0.4 is 11.2 Å². The van der Waals surface area contributed by atoms with Crippen LogP contribution in [0.25, 0.3) is 11.2 Å². The molecule has 9 heteroatoms. The second-order valence-electron chi connectivity index (χ2n) is 8.23. The second-order valence-corrected chi connectivity index (χ2v) is 8.23. The molecule has 0 saturated heterocycles. The van der Waals surface area contributed by atoms with Gasteiger partial charge < -0.3 is 9.30 Å². The number of rotatable bonds is 8. The third-order valence-corrected chi connectivity index (χ3v) is 6.34. The number of aryl methyl sites for hydroxylation is 2. The summed E-state index contributed by atoms with van der Waals surface area (Å²) >= 11 is 0. The molecule has 0 bridgehead atoms. The number of hydrogen-bond donors (Lipinski definition) is 1. The lowest BCUT2D eigenvalue weighted by molar-refractivity contribution is -0.156. The summed E-state index contributed by atoms with van der Waals surface area (Å²) in [5.41, 5.74) is -0.444. The van der Waals surface area contributed by atoms with Crippen LogP contribution >= 0.6 is 0 Å². The van der Waals surface area contributed by atoms with Gasteiger partial charge in [-0.25, -0.2) is 14.2 Å². The number of hydrogen-bond acceptors (Lipinski definition) is 5. The molecule has 3 aromatic rings. The third kappa shape index (κ3) is 3.65. The number of carbonyl (C=O) groups is 1. The van der Waals surface area contributed by atoms with Crippen LogP contribution in [-0.4, -0.2) is 25.1 Å². The van der Waals surface area contributed by atoms with Gasteiger partial charge in [-0.15, -0.1) is 0 Å². The van der Waals surface area contributed by atoms with Crippen LogP contribution in [0.4, 0.5) is 4.39 Å². The Kier molecular flexibility index (Phi) is 5.99. The first-order chi connectivity index (χ1) is 15.4. The number of aromatic nitrogens is 4. The van der Waals surface area contributed by atoms with E-state index in [1.807, 2.05) is 13.8 Å². The van der Waals surface area contributed by atoms with Gasteiger partial charge in [-0.2, -0.15) is 0 Å². The van der Waals surface area contributed by atoms with E-state index in [4.69, 9.17) is 4.74 Å². The molecule has 2 heterocycles. The summed E-state index contributed by atoms with van der Waals surface area (Å²) < 4.78 is 22.1. The van der Waals surface area contributed by atoms with Gasteiger partial charge in [0, 0.05) is 13.1 Å². The van der Waals surface area contributed by atoms with Crippen LogP contribution in [0, 0.1) is 5.82 Å². The molecule has 8 nitrogen and oxygen atoms in total. The van der Waals surface area contributed by atoms with E-state index in [0.717, 1.165) is 24.8 Å². The average molecular weight is 442 g/mol. The lowest BCUT2D eigenvalue weighted by atomic mass is 9.64. The SMILES string of the molecule is CCCCn1c(=O)[nH]c(=O)c2c1nc(COC(=O)C1(c3ccc(F)cc3)CCC1)n2CC. The maximum atomic E-state index is 13.3. The van der Waals surface area contributed by atoms with Gasteiger partial charge in [0.25, 0.3) is 5.56 Å². The van der Waals surface area contributed by atoms with Gasteiger partial charge >= 0.3 is 11.7 Å². The average Bonchev–Trinajstić information content (AvgIpc) is 3.11. The molecule has 1 aliphatic carbocycles. The van der Waals surface area contributed by atoms with Crippen molar-refractivity contribution >= 4 is 17.1 Å². The summed E-state index contributed by atoms with van der Waals surface area (Å²) in [5, 5.41) is 0. The molecule has 1 saturated carbocycles. The fourth-order valence-electron chi connectivity index (χ4n) is 4.37. The van der Waals surface area contributed by atoms with Gasteiger partial charge in [0.1, 0.15) is 18.2 Å². The molecule has 0 spiro atoms. The molecule has 0 unspecified atom stereocenters. The van der Waals surface area contributed by atoms with E-state index in [-0.39, 0.29) is 18.4 Å². The van der Waals surface area contributed by atoms with E-state index < -0.39 is 16.7 Å². The zero-order valence-electron chi connectivity index (χ0n) is 18.3. The lowest BCUT2D eigenvalue weighted by Gasteiger charge is -2.39. The van der Waals surface area contributed by atoms with Gasteiger partial charge in [0.2, 0.25) is 0 Å². The number of nitrogens with zero attached hydrogens (tertiary/aromatic N) is 3. The molecule has 1 fully saturated rings. The maximum Gasteiger partial charge on any atom is 0.330 e. The first-order valence-corrected chi connectivity index (χ1v) is 11.1. The van der Waals surface area contributed by atoms with Gasteiger partial charge in [0.05, 0.1) is 5.41 Å². The summed E-state index contributed by atoms with van der Waals surface area (Å²) in [6.07, 6.45) is 3.82. The molecule has 0 radical (unpaired) electrons. The van der Waals surface area contributed by atoms with Crippen molar-refractivity contribution in [2.24, 2.45) is 0 Å². The molecule has 1 N–H and O–H groups in total. The fourth-order valence-corrected chi connectivity index (χ4v) is 4.37. The topological polar surface area (TPSA) is 99.0 Å². The second kappa shape index (κ2) is 8.72. The van der Waals surface area contributed by atoms with E-state index in [1.165, 1.54) is 16.7 Å². The number of aromatic amines is 1. The minimum Gasteiger partial charge on any atom is -0.457 e. The van der Waals surface area contributed by atoms with Crippen LogP contribution in [0.3, 0.4) is 0 Å². The van der Waals surface area contributed by atoms with Gasteiger partial charge in [-0.1, -0.05) is 31.9 Å². The highest BCUT2D eigenvalue weighted by atomic mass is 19.1. The number of carbonyl (C=O) groups excluding carboxylic acids is 1. The lowest BCUT2D eigenvalue weighted by Crippen LogP contribution is -2.43. The Morgan fingerprint density at radius 3 is 2.50 bits per heavy atom. The van der Waals surface area contributed by atoms with Gasteiger partial charge in [-0.05, 0) is 43.9 Å².